The third-order valence-electron chi connectivity index (χ3n) is 8.69. The van der Waals surface area contributed by atoms with Gasteiger partial charge in [-0.05, 0) is 48.5 Å². The van der Waals surface area contributed by atoms with Crippen LogP contribution in [0.3, 0.4) is 0 Å². The maximum atomic E-state index is 7.51. The van der Waals surface area contributed by atoms with E-state index in [0.717, 1.165) is 21.2 Å². The van der Waals surface area contributed by atoms with Gasteiger partial charge in [0.15, 0.2) is 12.2 Å². The maximum Gasteiger partial charge on any atom is 0.207 e. The van der Waals surface area contributed by atoms with Crippen LogP contribution in [-0.2, 0) is 28.0 Å². The molecule has 0 amide bonds. The Morgan fingerprint density at radius 2 is 0.543 bits per heavy atom. The molecule has 0 bridgehead atoms. The molecule has 248 valence electrons. The summed E-state index contributed by atoms with van der Waals surface area (Å²) in [7, 11) is 1.88. The van der Waals surface area contributed by atoms with E-state index >= 15 is 0 Å². The second kappa shape index (κ2) is 18.1. The van der Waals surface area contributed by atoms with Crippen molar-refractivity contribution >= 4 is 36.2 Å². The van der Waals surface area contributed by atoms with Crippen molar-refractivity contribution in [2.24, 2.45) is 0 Å². The third-order valence-corrected chi connectivity index (χ3v) is 15.2. The van der Waals surface area contributed by atoms with Gasteiger partial charge >= 0.3 is 0 Å². The summed E-state index contributed by atoms with van der Waals surface area (Å²) in [5.74, 6) is 0. The molecule has 0 N–H and O–H groups in total. The fraction of sp³-hybridized carbons (Fsp3) is 0.333. The first-order chi connectivity index (χ1) is 21.4. The number of hydrogen-bond donors (Lipinski definition) is 0. The largest absolute Gasteiger partial charge is 1.00 e. The van der Waals surface area contributed by atoms with Crippen LogP contribution in [-0.4, -0.2) is 78.4 Å². The standard InChI is InChI=1S/C36H44O6P2.2HI/c1-37-31-32(38-2)34(40-4)36(42-44(6,29-23-15-9-16-24-29)30-25-17-10-18-26-30)35(33(31)39-3)41-43(5,27-19-11-7-12-20-27)28-21-13-8-14-22-28;;/h7-26,31-36H,1-6H3;2*1H/q+2;;/p-2/t31-,32-,33-,34-,35+,36+;;/m0../s1. The Bertz CT molecular complexity index is 1250. The summed E-state index contributed by atoms with van der Waals surface area (Å²) in [5, 5.41) is 4.50. The predicted molar refractivity (Wildman–Crippen MR) is 183 cm³/mol. The molecule has 4 aromatic carbocycles. The van der Waals surface area contributed by atoms with Gasteiger partial charge < -0.3 is 66.9 Å². The SMILES string of the molecule is CO[C@H]1[C@H](OC)[C@H](OC)[C@@H](O[P+](C)(c2ccccc2)c2ccccc2)[C@H](O[P+](C)(c2ccccc2)c2ccccc2)[C@H]1OC.[I-].[I-]. The molecule has 0 aromatic heterocycles. The lowest BCUT2D eigenvalue weighted by Gasteiger charge is -2.48. The summed E-state index contributed by atoms with van der Waals surface area (Å²) in [6.45, 7) is 4.44. The summed E-state index contributed by atoms with van der Waals surface area (Å²) >= 11 is 0. The number of ether oxygens (including phenoxy) is 4. The number of benzene rings is 4. The molecule has 5 rings (SSSR count). The van der Waals surface area contributed by atoms with Crippen LogP contribution in [0.15, 0.2) is 121 Å². The highest BCUT2D eigenvalue weighted by molar-refractivity contribution is 7.85. The quantitative estimate of drug-likeness (QED) is 0.138. The first-order valence-corrected chi connectivity index (χ1v) is 19.2. The molecular weight excluding hydrogens is 844 g/mol. The molecule has 6 atom stereocenters. The fourth-order valence-corrected chi connectivity index (χ4v) is 11.8. The van der Waals surface area contributed by atoms with Crippen LogP contribution in [0.1, 0.15) is 0 Å². The highest BCUT2D eigenvalue weighted by Crippen LogP contribution is 2.60. The van der Waals surface area contributed by atoms with Gasteiger partial charge in [0, 0.05) is 28.4 Å². The second-order valence-corrected chi connectivity index (χ2v) is 17.3. The van der Waals surface area contributed by atoms with E-state index < -0.39 is 51.6 Å². The molecule has 0 radical (unpaired) electrons. The van der Waals surface area contributed by atoms with Crippen LogP contribution in [0, 0.1) is 0 Å². The summed E-state index contributed by atoms with van der Waals surface area (Å²) in [4.78, 5) is 0. The minimum absolute atomic E-state index is 0. The van der Waals surface area contributed by atoms with E-state index in [9.17, 15) is 0 Å². The van der Waals surface area contributed by atoms with Gasteiger partial charge in [-0.1, -0.05) is 72.8 Å². The Balaban J connectivity index is 0.00000288. The van der Waals surface area contributed by atoms with Crippen molar-refractivity contribution in [3.63, 3.8) is 0 Å². The average Bonchev–Trinajstić information content (AvgIpc) is 3.09. The summed E-state index contributed by atoms with van der Waals surface area (Å²) in [6, 6.07) is 41.8. The summed E-state index contributed by atoms with van der Waals surface area (Å²) < 4.78 is 39.7. The normalized spacial score (nSPS) is 23.2. The number of halogens is 2. The van der Waals surface area contributed by atoms with E-state index in [1.807, 2.05) is 24.3 Å². The predicted octanol–water partition coefficient (Wildman–Crippen LogP) is -0.735. The Labute approximate surface area is 309 Å². The lowest BCUT2D eigenvalue weighted by Crippen LogP contribution is -3.00. The van der Waals surface area contributed by atoms with Crippen LogP contribution >= 0.6 is 15.0 Å². The van der Waals surface area contributed by atoms with Crippen molar-refractivity contribution < 1.29 is 75.9 Å². The molecular formula is C36H44I2O6P2. The van der Waals surface area contributed by atoms with Crippen molar-refractivity contribution in [3.8, 4) is 0 Å². The first-order valence-electron chi connectivity index (χ1n) is 14.8. The molecule has 46 heavy (non-hydrogen) atoms. The average molecular weight is 888 g/mol. The molecule has 0 saturated heterocycles. The third kappa shape index (κ3) is 8.05. The van der Waals surface area contributed by atoms with Crippen molar-refractivity contribution in [1.82, 2.24) is 0 Å². The van der Waals surface area contributed by atoms with Crippen molar-refractivity contribution in [2.45, 2.75) is 36.6 Å². The van der Waals surface area contributed by atoms with Gasteiger partial charge in [-0.15, -0.1) is 0 Å². The molecule has 4 aromatic rings. The molecule has 1 fully saturated rings. The first kappa shape index (κ1) is 39.4. The zero-order chi connectivity index (χ0) is 31.2. The Morgan fingerprint density at radius 3 is 0.739 bits per heavy atom. The topological polar surface area (TPSA) is 55.4 Å². The molecule has 1 aliphatic rings. The van der Waals surface area contributed by atoms with E-state index in [4.69, 9.17) is 28.0 Å². The van der Waals surface area contributed by atoms with Gasteiger partial charge in [0.1, 0.15) is 45.6 Å². The smallest absolute Gasteiger partial charge is 0.207 e. The molecule has 1 aliphatic carbocycles. The molecule has 0 spiro atoms. The van der Waals surface area contributed by atoms with E-state index in [0.29, 0.717) is 0 Å². The second-order valence-electron chi connectivity index (χ2n) is 11.1. The van der Waals surface area contributed by atoms with E-state index in [2.05, 4.69) is 110 Å². The molecule has 0 unspecified atom stereocenters. The van der Waals surface area contributed by atoms with Gasteiger partial charge in [-0.3, -0.25) is 0 Å². The Hall–Kier alpha value is -1.04. The van der Waals surface area contributed by atoms with Crippen LogP contribution < -0.4 is 69.2 Å². The van der Waals surface area contributed by atoms with E-state index in [1.165, 1.54) is 0 Å². The summed E-state index contributed by atoms with van der Waals surface area (Å²) in [5.41, 5.74) is 0. The number of methoxy groups -OCH3 is 4. The van der Waals surface area contributed by atoms with Crippen molar-refractivity contribution in [1.29, 1.82) is 0 Å². The van der Waals surface area contributed by atoms with Gasteiger partial charge in [0.05, 0.1) is 13.3 Å². The van der Waals surface area contributed by atoms with Gasteiger partial charge in [0.2, 0.25) is 15.0 Å². The van der Waals surface area contributed by atoms with Crippen LogP contribution in [0.25, 0.3) is 0 Å². The van der Waals surface area contributed by atoms with Crippen LogP contribution in [0.5, 0.6) is 0 Å². The van der Waals surface area contributed by atoms with Gasteiger partial charge in [0.25, 0.3) is 0 Å². The highest BCUT2D eigenvalue weighted by atomic mass is 127. The van der Waals surface area contributed by atoms with Crippen molar-refractivity contribution in [3.05, 3.63) is 121 Å². The number of hydrogen-bond acceptors (Lipinski definition) is 6. The fourth-order valence-electron chi connectivity index (χ4n) is 6.31. The number of rotatable bonds is 12. The molecule has 0 aliphatic heterocycles. The monoisotopic (exact) mass is 888 g/mol. The highest BCUT2D eigenvalue weighted by Gasteiger charge is 2.61. The molecule has 0 heterocycles. The molecule has 1 saturated carbocycles. The van der Waals surface area contributed by atoms with Gasteiger partial charge in [-0.25, -0.2) is 9.05 Å². The van der Waals surface area contributed by atoms with E-state index in [-0.39, 0.29) is 48.0 Å². The summed E-state index contributed by atoms with van der Waals surface area (Å²) in [6.07, 6.45) is -3.06. The zero-order valence-corrected chi connectivity index (χ0v) is 33.2. The van der Waals surface area contributed by atoms with Gasteiger partial charge in [-0.2, -0.15) is 0 Å². The lowest BCUT2D eigenvalue weighted by atomic mass is 9.84. The zero-order valence-electron chi connectivity index (χ0n) is 27.1. The Kier molecular flexibility index (Phi) is 15.5. The van der Waals surface area contributed by atoms with E-state index in [1.54, 1.807) is 28.4 Å². The van der Waals surface area contributed by atoms with Crippen molar-refractivity contribution in [2.75, 3.05) is 41.8 Å². The minimum Gasteiger partial charge on any atom is -1.00 e. The minimum atomic E-state index is -2.44. The maximum absolute atomic E-state index is 7.51. The van der Waals surface area contributed by atoms with Crippen LogP contribution in [0.4, 0.5) is 0 Å². The lowest BCUT2D eigenvalue weighted by molar-refractivity contribution is -0.235. The van der Waals surface area contributed by atoms with Crippen LogP contribution in [0.2, 0.25) is 0 Å². The molecule has 6 nitrogen and oxygen atoms in total. The Morgan fingerprint density at radius 1 is 0.348 bits per heavy atom. The molecule has 10 heteroatoms.